The fraction of sp³-hybridized carbons (Fsp3) is 0.273. The summed E-state index contributed by atoms with van der Waals surface area (Å²) in [7, 11) is 0. The number of hydrogen-bond donors (Lipinski definition) is 1. The molecule has 1 saturated carbocycles. The van der Waals surface area contributed by atoms with Gasteiger partial charge in [0.25, 0.3) is 0 Å². The van der Waals surface area contributed by atoms with Crippen molar-refractivity contribution in [3.05, 3.63) is 117 Å². The molecule has 1 N–H and O–H groups in total. The number of hydrogen-bond acceptors (Lipinski definition) is 6. The van der Waals surface area contributed by atoms with Crippen molar-refractivity contribution in [2.45, 2.75) is 38.8 Å². The van der Waals surface area contributed by atoms with Crippen LogP contribution in [-0.4, -0.2) is 37.5 Å². The first kappa shape index (κ1) is 26.8. The van der Waals surface area contributed by atoms with E-state index in [0.717, 1.165) is 4.57 Å². The van der Waals surface area contributed by atoms with E-state index in [-0.39, 0.29) is 36.3 Å². The Morgan fingerprint density at radius 2 is 1.56 bits per heavy atom. The molecule has 1 aliphatic carbocycles. The lowest BCUT2D eigenvalue weighted by Gasteiger charge is -2.47. The number of allylic oxidation sites excluding steroid dienone is 2. The van der Waals surface area contributed by atoms with Gasteiger partial charge >= 0.3 is 11.4 Å². The van der Waals surface area contributed by atoms with Crippen LogP contribution in [0.3, 0.4) is 0 Å². The number of aromatic hydroxyl groups is 1. The first-order valence-corrected chi connectivity index (χ1v) is 14.4. The van der Waals surface area contributed by atoms with Gasteiger partial charge in [-0.05, 0) is 56.2 Å². The Morgan fingerprint density at radius 1 is 0.884 bits per heavy atom. The molecule has 7 rings (SSSR count). The highest BCUT2D eigenvalue weighted by Crippen LogP contribution is 2.62. The number of amides is 2. The van der Waals surface area contributed by atoms with E-state index in [1.165, 1.54) is 14.3 Å². The summed E-state index contributed by atoms with van der Waals surface area (Å²) < 4.78 is 9.63. The van der Waals surface area contributed by atoms with Crippen LogP contribution in [0.2, 0.25) is 0 Å². The zero-order valence-corrected chi connectivity index (χ0v) is 23.7. The first-order chi connectivity index (χ1) is 20.8. The topological polar surface area (TPSA) is 116 Å². The second kappa shape index (κ2) is 9.72. The van der Waals surface area contributed by atoms with Gasteiger partial charge in [0.15, 0.2) is 11.5 Å². The van der Waals surface area contributed by atoms with E-state index in [0.29, 0.717) is 29.1 Å². The van der Waals surface area contributed by atoms with E-state index >= 15 is 0 Å². The number of carbonyl (C=O) groups is 2. The van der Waals surface area contributed by atoms with Crippen molar-refractivity contribution < 1.29 is 19.4 Å². The zero-order chi connectivity index (χ0) is 30.0. The molecule has 4 aromatic rings. The van der Waals surface area contributed by atoms with E-state index in [1.54, 1.807) is 79.7 Å². The molecule has 1 aromatic heterocycles. The molecular formula is C33H30N4O6. The summed E-state index contributed by atoms with van der Waals surface area (Å²) in [5, 5.41) is 11.5. The summed E-state index contributed by atoms with van der Waals surface area (Å²) in [5.41, 5.74) is -0.278. The molecule has 4 atom stereocenters. The fourth-order valence-corrected chi connectivity index (χ4v) is 7.29. The van der Waals surface area contributed by atoms with Crippen LogP contribution in [0.15, 0.2) is 100 Å². The molecule has 43 heavy (non-hydrogen) atoms. The third-order valence-electron chi connectivity index (χ3n) is 9.21. The molecule has 2 aliphatic heterocycles. The molecule has 10 nitrogen and oxygen atoms in total. The highest BCUT2D eigenvalue weighted by Gasteiger charge is 2.65. The van der Waals surface area contributed by atoms with Gasteiger partial charge in [-0.25, -0.2) is 28.4 Å². The summed E-state index contributed by atoms with van der Waals surface area (Å²) >= 11 is 0. The number of ether oxygens (including phenoxy) is 1. The van der Waals surface area contributed by atoms with Gasteiger partial charge in [0.2, 0.25) is 11.8 Å². The van der Waals surface area contributed by atoms with Crippen LogP contribution < -0.4 is 21.0 Å². The smallest absolute Gasteiger partial charge is 0.352 e. The second-order valence-corrected chi connectivity index (χ2v) is 11.3. The van der Waals surface area contributed by atoms with Gasteiger partial charge in [-0.15, -0.1) is 0 Å². The number of anilines is 1. The van der Waals surface area contributed by atoms with Crippen LogP contribution in [0.5, 0.6) is 11.5 Å². The molecule has 0 bridgehead atoms. The highest BCUT2D eigenvalue weighted by molar-refractivity contribution is 6.24. The molecule has 1 saturated heterocycles. The minimum Gasteiger partial charge on any atom is -0.504 e. The van der Waals surface area contributed by atoms with Crippen LogP contribution in [-0.2, 0) is 16.1 Å². The molecule has 218 valence electrons. The van der Waals surface area contributed by atoms with Crippen molar-refractivity contribution in [1.82, 2.24) is 13.9 Å². The Morgan fingerprint density at radius 3 is 2.23 bits per heavy atom. The van der Waals surface area contributed by atoms with E-state index in [2.05, 4.69) is 0 Å². The number of fused-ring (bicyclic) bond motifs is 4. The average Bonchev–Trinajstić information content (AvgIpc) is 3.39. The molecule has 10 heteroatoms. The van der Waals surface area contributed by atoms with Crippen LogP contribution in [0.4, 0.5) is 5.69 Å². The SMILES string of the molecule is CCOc1cccc([C@H]2C3=CCn4c(=O)n(-c5ccccc5)c(=O)n4[C@@H]3C[C@H]3C(=O)N(c4ccccc4)C(=O)[C@@]23C)c1O. The number of rotatable bonds is 5. The molecule has 2 fully saturated rings. The lowest BCUT2D eigenvalue weighted by molar-refractivity contribution is -0.129. The van der Waals surface area contributed by atoms with Gasteiger partial charge in [-0.3, -0.25) is 9.59 Å². The fourth-order valence-electron chi connectivity index (χ4n) is 7.29. The van der Waals surface area contributed by atoms with Crippen molar-refractivity contribution in [1.29, 1.82) is 0 Å². The van der Waals surface area contributed by atoms with Crippen LogP contribution in [0.25, 0.3) is 5.69 Å². The van der Waals surface area contributed by atoms with Crippen molar-refractivity contribution in [3.8, 4) is 17.2 Å². The van der Waals surface area contributed by atoms with E-state index in [4.69, 9.17) is 4.74 Å². The number of aromatic nitrogens is 3. The molecule has 0 spiro atoms. The molecule has 0 radical (unpaired) electrons. The second-order valence-electron chi connectivity index (χ2n) is 11.3. The van der Waals surface area contributed by atoms with Crippen molar-refractivity contribution in [2.24, 2.45) is 11.3 Å². The minimum atomic E-state index is -1.29. The third kappa shape index (κ3) is 3.65. The standard InChI is InChI=1S/C33H30N4O6/c1-3-43-26-16-10-15-23(28(26)38)27-22-17-18-34-31(41)36(21-13-8-5-9-14-21)32(42)37(34)25(22)19-24-29(39)35(30(40)33(24,27)2)20-11-6-4-7-12-20/h4-17,24-25,27,38H,3,18-19H2,1-2H3/t24-,25+,27+,33+/m0/s1. The van der Waals surface area contributed by atoms with Crippen LogP contribution in [0.1, 0.15) is 37.8 Å². The number of benzene rings is 3. The van der Waals surface area contributed by atoms with Gasteiger partial charge in [-0.1, -0.05) is 54.6 Å². The van der Waals surface area contributed by atoms with Gasteiger partial charge in [0.1, 0.15) is 0 Å². The average molecular weight is 579 g/mol. The maximum Gasteiger partial charge on any atom is 0.352 e. The number of nitrogens with zero attached hydrogens (tertiary/aromatic N) is 4. The van der Waals surface area contributed by atoms with Gasteiger partial charge in [-0.2, -0.15) is 0 Å². The molecule has 3 aliphatic rings. The van der Waals surface area contributed by atoms with Gasteiger partial charge < -0.3 is 9.84 Å². The maximum absolute atomic E-state index is 14.4. The molecular weight excluding hydrogens is 548 g/mol. The monoisotopic (exact) mass is 578 g/mol. The van der Waals surface area contributed by atoms with Crippen molar-refractivity contribution in [2.75, 3.05) is 11.5 Å². The lowest BCUT2D eigenvalue weighted by Crippen LogP contribution is -2.49. The van der Waals surface area contributed by atoms with Gasteiger partial charge in [0.05, 0.1) is 41.9 Å². The Hall–Kier alpha value is -5.12. The number of imide groups is 1. The Labute approximate surface area is 246 Å². The van der Waals surface area contributed by atoms with E-state index in [1.807, 2.05) is 19.1 Å². The molecule has 3 heterocycles. The zero-order valence-electron chi connectivity index (χ0n) is 23.7. The van der Waals surface area contributed by atoms with Crippen molar-refractivity contribution in [3.63, 3.8) is 0 Å². The maximum atomic E-state index is 14.4. The van der Waals surface area contributed by atoms with E-state index < -0.39 is 34.7 Å². The van der Waals surface area contributed by atoms with E-state index in [9.17, 15) is 24.3 Å². The Kier molecular flexibility index (Phi) is 6.05. The number of phenolic OH excluding ortho intramolecular Hbond substituents is 1. The minimum absolute atomic E-state index is 0.0907. The summed E-state index contributed by atoms with van der Waals surface area (Å²) in [6, 6.07) is 21.9. The number of carbonyl (C=O) groups excluding carboxylic acids is 2. The highest BCUT2D eigenvalue weighted by atomic mass is 16.5. The van der Waals surface area contributed by atoms with Crippen LogP contribution in [0, 0.1) is 11.3 Å². The summed E-state index contributed by atoms with van der Waals surface area (Å²) in [5.74, 6) is -2.23. The lowest BCUT2D eigenvalue weighted by atomic mass is 9.56. The largest absolute Gasteiger partial charge is 0.504 e. The number of para-hydroxylation sites is 3. The quantitative estimate of drug-likeness (QED) is 0.285. The normalized spacial score (nSPS) is 24.3. The number of phenols is 1. The Bertz CT molecular complexity index is 1920. The predicted molar refractivity (Wildman–Crippen MR) is 159 cm³/mol. The first-order valence-electron chi connectivity index (χ1n) is 14.4. The van der Waals surface area contributed by atoms with Gasteiger partial charge in [0, 0.05) is 11.5 Å². The predicted octanol–water partition coefficient (Wildman–Crippen LogP) is 3.77. The van der Waals surface area contributed by atoms with Crippen molar-refractivity contribution >= 4 is 17.5 Å². The molecule has 0 unspecified atom stereocenters. The molecule has 3 aromatic carbocycles. The Balaban J connectivity index is 1.46. The van der Waals surface area contributed by atoms with Crippen LogP contribution >= 0.6 is 0 Å². The summed E-state index contributed by atoms with van der Waals surface area (Å²) in [6.45, 7) is 3.99. The third-order valence-corrected chi connectivity index (χ3v) is 9.21. The summed E-state index contributed by atoms with van der Waals surface area (Å²) in [6.07, 6.45) is 2.00. The summed E-state index contributed by atoms with van der Waals surface area (Å²) in [4.78, 5) is 57.4. The molecule has 2 amide bonds.